The molecule has 0 radical (unpaired) electrons. The maximum absolute atomic E-state index is 13.5. The zero-order valence-electron chi connectivity index (χ0n) is 15.6. The maximum atomic E-state index is 13.5. The van der Waals surface area contributed by atoms with Crippen molar-refractivity contribution in [2.24, 2.45) is 5.41 Å². The molecule has 2 fully saturated rings. The zero-order chi connectivity index (χ0) is 19.4. The van der Waals surface area contributed by atoms with Gasteiger partial charge in [0.15, 0.2) is 0 Å². The summed E-state index contributed by atoms with van der Waals surface area (Å²) in [5.41, 5.74) is 0.861. The average molecular weight is 407 g/mol. The van der Waals surface area contributed by atoms with Crippen molar-refractivity contribution < 1.29 is 8.81 Å². The smallest absolute Gasteiger partial charge is 0.247 e. The molecule has 1 unspecified atom stereocenters. The van der Waals surface area contributed by atoms with Gasteiger partial charge in [-0.1, -0.05) is 6.07 Å². The number of hydrogen-bond acceptors (Lipinski definition) is 7. The molecule has 0 amide bonds. The molecule has 1 aromatic carbocycles. The predicted octanol–water partition coefficient (Wildman–Crippen LogP) is 4.65. The summed E-state index contributed by atoms with van der Waals surface area (Å²) in [5, 5.41) is 11.6. The van der Waals surface area contributed by atoms with Crippen LogP contribution in [0.2, 0.25) is 0 Å². The molecule has 1 saturated carbocycles. The topological polar surface area (TPSA) is 67.9 Å². The van der Waals surface area contributed by atoms with Crippen LogP contribution in [-0.4, -0.2) is 33.3 Å². The van der Waals surface area contributed by atoms with Crippen LogP contribution in [0.5, 0.6) is 0 Å². The van der Waals surface area contributed by atoms with E-state index in [1.807, 2.05) is 0 Å². The number of nitrogens with zero attached hydrogens (tertiary/aromatic N) is 5. The summed E-state index contributed by atoms with van der Waals surface area (Å²) in [5.74, 6) is 2.10. The van der Waals surface area contributed by atoms with Gasteiger partial charge in [0.25, 0.3) is 0 Å². The third-order valence-electron chi connectivity index (χ3n) is 6.30. The first kappa shape index (κ1) is 17.0. The Morgan fingerprint density at radius 1 is 1.14 bits per heavy atom. The molecular weight excluding hydrogens is 389 g/mol. The number of rotatable bonds is 3. The Hall–Kier alpha value is -2.87. The number of halogens is 1. The second-order valence-corrected chi connectivity index (χ2v) is 8.79. The third-order valence-corrected chi connectivity index (χ3v) is 7.12. The van der Waals surface area contributed by atoms with Gasteiger partial charge in [0.1, 0.15) is 22.8 Å². The Morgan fingerprint density at radius 2 is 2.03 bits per heavy atom. The lowest BCUT2D eigenvalue weighted by molar-refractivity contribution is 0.352. The Labute approximate surface area is 170 Å². The highest BCUT2D eigenvalue weighted by Crippen LogP contribution is 2.64. The van der Waals surface area contributed by atoms with Crippen LogP contribution < -0.4 is 4.90 Å². The molecule has 1 atom stereocenters. The lowest BCUT2D eigenvalue weighted by Crippen LogP contribution is -2.35. The van der Waals surface area contributed by atoms with Crippen LogP contribution in [0.15, 0.2) is 46.5 Å². The monoisotopic (exact) mass is 407 g/mol. The molecule has 1 aliphatic heterocycles. The van der Waals surface area contributed by atoms with E-state index in [-0.39, 0.29) is 11.2 Å². The highest BCUT2D eigenvalue weighted by Gasteiger charge is 2.58. The van der Waals surface area contributed by atoms with Gasteiger partial charge in [0.05, 0.1) is 5.39 Å². The molecule has 6 rings (SSSR count). The summed E-state index contributed by atoms with van der Waals surface area (Å²) in [4.78, 5) is 12.3. The first-order chi connectivity index (χ1) is 14.2. The number of aromatic nitrogens is 4. The highest BCUT2D eigenvalue weighted by atomic mass is 32.1. The van der Waals surface area contributed by atoms with E-state index in [2.05, 4.69) is 36.5 Å². The number of piperidine rings is 1. The molecule has 6 nitrogen and oxygen atoms in total. The van der Waals surface area contributed by atoms with Gasteiger partial charge in [0.2, 0.25) is 11.8 Å². The molecule has 1 aliphatic carbocycles. The van der Waals surface area contributed by atoms with Crippen LogP contribution in [0.25, 0.3) is 21.7 Å². The molecule has 29 heavy (non-hydrogen) atoms. The van der Waals surface area contributed by atoms with E-state index >= 15 is 0 Å². The van der Waals surface area contributed by atoms with Gasteiger partial charge in [-0.25, -0.2) is 14.4 Å². The minimum Gasteiger partial charge on any atom is -0.420 e. The van der Waals surface area contributed by atoms with E-state index in [1.54, 1.807) is 29.8 Å². The maximum Gasteiger partial charge on any atom is 0.247 e. The zero-order valence-corrected chi connectivity index (χ0v) is 16.4. The Kier molecular flexibility index (Phi) is 3.71. The molecule has 1 saturated heterocycles. The summed E-state index contributed by atoms with van der Waals surface area (Å²) in [7, 11) is 0. The van der Waals surface area contributed by atoms with Crippen LogP contribution >= 0.6 is 11.3 Å². The van der Waals surface area contributed by atoms with Crippen LogP contribution in [0.1, 0.15) is 31.1 Å². The van der Waals surface area contributed by atoms with E-state index in [1.165, 1.54) is 12.1 Å². The Bertz CT molecular complexity index is 1200. The minimum atomic E-state index is -0.304. The minimum absolute atomic E-state index is 0.239. The summed E-state index contributed by atoms with van der Waals surface area (Å²) in [6, 6.07) is 8.37. The van der Waals surface area contributed by atoms with E-state index in [0.29, 0.717) is 23.3 Å². The van der Waals surface area contributed by atoms with Crippen LogP contribution in [-0.2, 0) is 0 Å². The molecule has 2 aliphatic rings. The van der Waals surface area contributed by atoms with Gasteiger partial charge in [-0.3, -0.25) is 0 Å². The van der Waals surface area contributed by atoms with Crippen molar-refractivity contribution >= 4 is 27.4 Å². The molecule has 1 spiro atoms. The first-order valence-electron chi connectivity index (χ1n) is 9.74. The Morgan fingerprint density at radius 3 is 2.90 bits per heavy atom. The SMILES string of the molecule is Fc1cccc(-c2nnc(C3CC34CCN(c3ncnc5sccc35)CC4)o2)c1. The lowest BCUT2D eigenvalue weighted by Gasteiger charge is -2.33. The molecule has 8 heteroatoms. The second-order valence-electron chi connectivity index (χ2n) is 7.90. The first-order valence-corrected chi connectivity index (χ1v) is 10.6. The summed E-state index contributed by atoms with van der Waals surface area (Å²) >= 11 is 1.65. The van der Waals surface area contributed by atoms with E-state index in [9.17, 15) is 4.39 Å². The molecule has 4 aromatic rings. The number of anilines is 1. The van der Waals surface area contributed by atoms with Gasteiger partial charge in [0, 0.05) is 24.6 Å². The van der Waals surface area contributed by atoms with E-state index in [0.717, 1.165) is 48.4 Å². The van der Waals surface area contributed by atoms with Crippen molar-refractivity contribution in [1.82, 2.24) is 20.2 Å². The summed E-state index contributed by atoms with van der Waals surface area (Å²) in [6.45, 7) is 1.92. The second kappa shape index (κ2) is 6.32. The number of hydrogen-bond donors (Lipinski definition) is 0. The van der Waals surface area contributed by atoms with Gasteiger partial charge in [-0.05, 0) is 54.3 Å². The molecule has 146 valence electrons. The van der Waals surface area contributed by atoms with Crippen molar-refractivity contribution in [3.05, 3.63) is 53.7 Å². The lowest BCUT2D eigenvalue weighted by atomic mass is 9.90. The van der Waals surface area contributed by atoms with E-state index < -0.39 is 0 Å². The van der Waals surface area contributed by atoms with Crippen molar-refractivity contribution in [1.29, 1.82) is 0 Å². The predicted molar refractivity (Wildman–Crippen MR) is 108 cm³/mol. The van der Waals surface area contributed by atoms with Gasteiger partial charge in [-0.15, -0.1) is 21.5 Å². The molecule has 0 N–H and O–H groups in total. The van der Waals surface area contributed by atoms with Crippen LogP contribution in [0.3, 0.4) is 0 Å². The summed E-state index contributed by atoms with van der Waals surface area (Å²) < 4.78 is 19.4. The van der Waals surface area contributed by atoms with Crippen molar-refractivity contribution in [2.75, 3.05) is 18.0 Å². The largest absolute Gasteiger partial charge is 0.420 e. The fourth-order valence-corrected chi connectivity index (χ4v) is 5.28. The molecular formula is C21H18FN5OS. The van der Waals surface area contributed by atoms with Gasteiger partial charge < -0.3 is 9.32 Å². The number of thiophene rings is 1. The summed E-state index contributed by atoms with van der Waals surface area (Å²) in [6.07, 6.45) is 4.88. The molecule has 4 heterocycles. The van der Waals surface area contributed by atoms with Crippen LogP contribution in [0.4, 0.5) is 10.2 Å². The fourth-order valence-electron chi connectivity index (χ4n) is 4.56. The molecule has 3 aromatic heterocycles. The number of fused-ring (bicyclic) bond motifs is 1. The normalized spacial score (nSPS) is 20.4. The average Bonchev–Trinajstić information content (AvgIpc) is 3.13. The fraction of sp³-hybridized carbons (Fsp3) is 0.333. The standard InChI is InChI=1S/C21H18FN5OS/c22-14-3-1-2-13(10-14)18-25-26-19(28-18)16-11-21(16)5-7-27(8-6-21)17-15-4-9-29-20(15)24-12-23-17/h1-4,9-10,12,16H,5-8,11H2. The Balaban J connectivity index is 1.18. The van der Waals surface area contributed by atoms with Gasteiger partial charge in [-0.2, -0.15) is 0 Å². The van der Waals surface area contributed by atoms with Gasteiger partial charge >= 0.3 is 0 Å². The third kappa shape index (κ3) is 2.81. The van der Waals surface area contributed by atoms with Crippen LogP contribution in [0, 0.1) is 11.2 Å². The quantitative estimate of drug-likeness (QED) is 0.492. The van der Waals surface area contributed by atoms with Crippen molar-refractivity contribution in [3.8, 4) is 11.5 Å². The van der Waals surface area contributed by atoms with Crippen molar-refractivity contribution in [3.63, 3.8) is 0 Å². The van der Waals surface area contributed by atoms with Crippen molar-refractivity contribution in [2.45, 2.75) is 25.2 Å². The van der Waals surface area contributed by atoms with E-state index in [4.69, 9.17) is 4.42 Å². The number of benzene rings is 1. The highest BCUT2D eigenvalue weighted by molar-refractivity contribution is 7.16. The molecule has 0 bridgehead atoms.